The lowest BCUT2D eigenvalue weighted by Gasteiger charge is -2.38. The lowest BCUT2D eigenvalue weighted by Crippen LogP contribution is -2.42. The van der Waals surface area contributed by atoms with E-state index in [1.165, 1.54) is 0 Å². The summed E-state index contributed by atoms with van der Waals surface area (Å²) >= 11 is 0. The monoisotopic (exact) mass is 172 g/mol. The second kappa shape index (κ2) is 3.58. The van der Waals surface area contributed by atoms with E-state index >= 15 is 0 Å². The van der Waals surface area contributed by atoms with Crippen LogP contribution in [0.3, 0.4) is 0 Å². The van der Waals surface area contributed by atoms with Gasteiger partial charge < -0.3 is 10.2 Å². The molecule has 2 heteroatoms. The summed E-state index contributed by atoms with van der Waals surface area (Å²) in [6.07, 6.45) is 1.77. The van der Waals surface area contributed by atoms with Gasteiger partial charge in [0.15, 0.2) is 0 Å². The molecule has 0 aromatic carbocycles. The molecule has 0 saturated heterocycles. The van der Waals surface area contributed by atoms with Crippen molar-refractivity contribution in [1.82, 2.24) is 0 Å². The van der Waals surface area contributed by atoms with Gasteiger partial charge in [0.05, 0.1) is 5.60 Å². The number of rotatable bonds is 4. The highest BCUT2D eigenvalue weighted by Gasteiger charge is 2.36. The van der Waals surface area contributed by atoms with Crippen LogP contribution in [0.5, 0.6) is 0 Å². The van der Waals surface area contributed by atoms with Gasteiger partial charge in [-0.25, -0.2) is 0 Å². The van der Waals surface area contributed by atoms with E-state index in [0.29, 0.717) is 0 Å². The number of aliphatic hydroxyl groups excluding tert-OH is 1. The largest absolute Gasteiger partial charge is 0.396 e. The van der Waals surface area contributed by atoms with Crippen molar-refractivity contribution < 1.29 is 10.2 Å². The quantitative estimate of drug-likeness (QED) is 0.632. The summed E-state index contributed by atoms with van der Waals surface area (Å²) in [7, 11) is 0. The Hall–Kier alpha value is -0.340. The fraction of sp³-hybridized carbons (Fsp3) is 0.800. The lowest BCUT2D eigenvalue weighted by molar-refractivity contribution is -0.0486. The fourth-order valence-electron chi connectivity index (χ4n) is 1.51. The molecule has 0 heterocycles. The third-order valence-electron chi connectivity index (χ3n) is 2.46. The second-order valence-electron chi connectivity index (χ2n) is 4.41. The van der Waals surface area contributed by atoms with E-state index in [4.69, 9.17) is 5.11 Å². The minimum Gasteiger partial charge on any atom is -0.396 e. The van der Waals surface area contributed by atoms with Gasteiger partial charge in [-0.15, -0.1) is 6.58 Å². The third-order valence-corrected chi connectivity index (χ3v) is 2.46. The van der Waals surface area contributed by atoms with E-state index in [0.717, 1.165) is 0 Å². The Balaban J connectivity index is 4.67. The summed E-state index contributed by atoms with van der Waals surface area (Å²) in [5.41, 5.74) is -1.11. The molecule has 2 nitrogen and oxygen atoms in total. The lowest BCUT2D eigenvalue weighted by atomic mass is 9.71. The van der Waals surface area contributed by atoms with Crippen LogP contribution in [0.2, 0.25) is 0 Å². The Bertz CT molecular complexity index is 154. The number of hydrogen-bond acceptors (Lipinski definition) is 2. The van der Waals surface area contributed by atoms with Gasteiger partial charge in [-0.2, -0.15) is 0 Å². The third kappa shape index (κ3) is 2.61. The van der Waals surface area contributed by atoms with Crippen molar-refractivity contribution in [1.29, 1.82) is 0 Å². The smallest absolute Gasteiger partial charge is 0.0649 e. The molecular formula is C10H20O2. The summed E-state index contributed by atoms with van der Waals surface area (Å²) < 4.78 is 0. The van der Waals surface area contributed by atoms with Crippen molar-refractivity contribution >= 4 is 0 Å². The molecule has 0 saturated carbocycles. The van der Waals surface area contributed by atoms with Crippen LogP contribution in [0.1, 0.15) is 27.7 Å². The van der Waals surface area contributed by atoms with Crippen LogP contribution in [0.15, 0.2) is 12.7 Å². The van der Waals surface area contributed by atoms with Gasteiger partial charge in [-0.1, -0.05) is 19.9 Å². The van der Waals surface area contributed by atoms with Gasteiger partial charge in [-0.05, 0) is 19.3 Å². The zero-order chi connectivity index (χ0) is 9.99. The van der Waals surface area contributed by atoms with Gasteiger partial charge in [0, 0.05) is 12.5 Å². The van der Waals surface area contributed by atoms with Crippen molar-refractivity contribution in [3.63, 3.8) is 0 Å². The second-order valence-corrected chi connectivity index (χ2v) is 4.41. The Morgan fingerprint density at radius 2 is 1.75 bits per heavy atom. The Morgan fingerprint density at radius 3 is 1.83 bits per heavy atom. The minimum absolute atomic E-state index is 0.0253. The average molecular weight is 172 g/mol. The molecule has 1 unspecified atom stereocenters. The van der Waals surface area contributed by atoms with Crippen LogP contribution < -0.4 is 0 Å². The molecule has 0 amide bonds. The maximum Gasteiger partial charge on any atom is 0.0649 e. The Kier molecular flexibility index (Phi) is 3.48. The van der Waals surface area contributed by atoms with Gasteiger partial charge in [0.1, 0.15) is 0 Å². The molecule has 0 aromatic heterocycles. The van der Waals surface area contributed by atoms with Crippen molar-refractivity contribution in [2.45, 2.75) is 33.3 Å². The molecule has 12 heavy (non-hydrogen) atoms. The number of aliphatic hydroxyl groups is 2. The predicted molar refractivity (Wildman–Crippen MR) is 50.9 cm³/mol. The molecule has 0 aliphatic heterocycles. The first-order chi connectivity index (χ1) is 5.25. The van der Waals surface area contributed by atoms with E-state index in [9.17, 15) is 5.11 Å². The molecule has 0 radical (unpaired) electrons. The van der Waals surface area contributed by atoms with Crippen molar-refractivity contribution in [3.05, 3.63) is 12.7 Å². The highest BCUT2D eigenvalue weighted by atomic mass is 16.3. The van der Waals surface area contributed by atoms with E-state index in [1.807, 2.05) is 13.8 Å². The Labute approximate surface area is 74.9 Å². The van der Waals surface area contributed by atoms with Gasteiger partial charge in [-0.3, -0.25) is 0 Å². The molecule has 0 spiro atoms. The Morgan fingerprint density at radius 1 is 1.33 bits per heavy atom. The topological polar surface area (TPSA) is 40.5 Å². The summed E-state index contributed by atoms with van der Waals surface area (Å²) in [6, 6.07) is 0. The van der Waals surface area contributed by atoms with Crippen LogP contribution in [0, 0.1) is 11.3 Å². The van der Waals surface area contributed by atoms with Crippen molar-refractivity contribution in [2.24, 2.45) is 11.3 Å². The van der Waals surface area contributed by atoms with Crippen LogP contribution >= 0.6 is 0 Å². The minimum atomic E-state index is -0.869. The zero-order valence-corrected chi connectivity index (χ0v) is 8.46. The summed E-state index contributed by atoms with van der Waals surface area (Å²) in [6.45, 7) is 11.0. The van der Waals surface area contributed by atoms with Crippen LogP contribution in [-0.4, -0.2) is 22.4 Å². The normalized spacial score (nSPS) is 15.8. The molecule has 72 valence electrons. The first kappa shape index (κ1) is 11.7. The van der Waals surface area contributed by atoms with E-state index in [-0.39, 0.29) is 17.9 Å². The van der Waals surface area contributed by atoms with Gasteiger partial charge in [0.2, 0.25) is 0 Å². The summed E-state index contributed by atoms with van der Waals surface area (Å²) in [5, 5.41) is 18.9. The van der Waals surface area contributed by atoms with Gasteiger partial charge in [0.25, 0.3) is 0 Å². The first-order valence-corrected chi connectivity index (χ1v) is 4.22. The molecule has 0 fully saturated rings. The van der Waals surface area contributed by atoms with Crippen LogP contribution in [0.4, 0.5) is 0 Å². The SMILES string of the molecule is C=CC(C)(C)C(CO)C(C)(C)O. The molecule has 0 aromatic rings. The van der Waals surface area contributed by atoms with Crippen molar-refractivity contribution in [2.75, 3.05) is 6.61 Å². The molecule has 1 atom stereocenters. The molecule has 0 rings (SSSR count). The molecule has 0 aliphatic rings. The number of allylic oxidation sites excluding steroid dienone is 1. The van der Waals surface area contributed by atoms with E-state index in [2.05, 4.69) is 6.58 Å². The summed E-state index contributed by atoms with van der Waals surface area (Å²) in [5.74, 6) is -0.178. The first-order valence-electron chi connectivity index (χ1n) is 4.22. The molecule has 0 bridgehead atoms. The van der Waals surface area contributed by atoms with Crippen molar-refractivity contribution in [3.8, 4) is 0 Å². The summed E-state index contributed by atoms with van der Waals surface area (Å²) in [4.78, 5) is 0. The standard InChI is InChI=1S/C10H20O2/c1-6-9(2,3)8(7-11)10(4,5)12/h6,8,11-12H,1,7H2,2-5H3. The van der Waals surface area contributed by atoms with E-state index < -0.39 is 5.60 Å². The van der Waals surface area contributed by atoms with Crippen LogP contribution in [-0.2, 0) is 0 Å². The highest BCUT2D eigenvalue weighted by Crippen LogP contribution is 2.35. The molecular weight excluding hydrogens is 152 g/mol. The van der Waals surface area contributed by atoms with E-state index in [1.54, 1.807) is 19.9 Å². The number of hydrogen-bond donors (Lipinski definition) is 2. The van der Waals surface area contributed by atoms with Gasteiger partial charge >= 0.3 is 0 Å². The average Bonchev–Trinajstić information content (AvgIpc) is 1.85. The van der Waals surface area contributed by atoms with Crippen LogP contribution in [0.25, 0.3) is 0 Å². The maximum atomic E-state index is 9.74. The maximum absolute atomic E-state index is 9.74. The fourth-order valence-corrected chi connectivity index (χ4v) is 1.51. The zero-order valence-electron chi connectivity index (χ0n) is 8.46. The molecule has 2 N–H and O–H groups in total. The predicted octanol–water partition coefficient (Wildman–Crippen LogP) is 1.58. The highest BCUT2D eigenvalue weighted by molar-refractivity contribution is 4.98. The molecule has 0 aliphatic carbocycles.